The predicted octanol–water partition coefficient (Wildman–Crippen LogP) is 2.62. The lowest BCUT2D eigenvalue weighted by Gasteiger charge is -2.26. The first kappa shape index (κ1) is 20.9. The number of benzene rings is 1. The molecule has 1 rings (SSSR count). The van der Waals surface area contributed by atoms with Gasteiger partial charge in [0, 0.05) is 19.5 Å². The van der Waals surface area contributed by atoms with Crippen LogP contribution in [0.3, 0.4) is 0 Å². The highest BCUT2D eigenvalue weighted by atomic mass is 19.1. The maximum absolute atomic E-state index is 13.0. The smallest absolute Gasteiger partial charge is 0.407 e. The van der Waals surface area contributed by atoms with Gasteiger partial charge in [-0.3, -0.25) is 4.79 Å². The second kappa shape index (κ2) is 9.36. The topological polar surface area (TPSA) is 78.9 Å². The van der Waals surface area contributed by atoms with Crippen LogP contribution in [0.15, 0.2) is 24.3 Å². The van der Waals surface area contributed by atoms with Crippen molar-refractivity contribution in [3.63, 3.8) is 0 Å². The minimum Gasteiger partial charge on any atom is -0.444 e. The largest absolute Gasteiger partial charge is 0.444 e. The second-order valence-corrected chi connectivity index (χ2v) is 6.69. The molecule has 1 aromatic rings. The Bertz CT molecular complexity index is 569. The summed E-state index contributed by atoms with van der Waals surface area (Å²) >= 11 is 0. The van der Waals surface area contributed by atoms with Crippen molar-refractivity contribution >= 4 is 12.0 Å². The molecule has 0 saturated heterocycles. The Kier molecular flexibility index (Phi) is 7.83. The summed E-state index contributed by atoms with van der Waals surface area (Å²) in [5.74, 6) is -0.536. The van der Waals surface area contributed by atoms with E-state index in [0.717, 1.165) is 0 Å². The number of aliphatic hydroxyl groups is 1. The number of hydrogen-bond acceptors (Lipinski definition) is 4. The molecule has 25 heavy (non-hydrogen) atoms. The standard InChI is InChI=1S/C18H27FN2O4/c1-5-16(23)21(11-10-20-17(24)25-18(2,3)4)12-15(22)13-6-8-14(19)9-7-13/h6-9,15,22H,5,10-12H2,1-4H3,(H,20,24). The number of halogens is 1. The average molecular weight is 354 g/mol. The van der Waals surface area contributed by atoms with Crippen molar-refractivity contribution in [2.45, 2.75) is 45.8 Å². The van der Waals surface area contributed by atoms with Gasteiger partial charge < -0.3 is 20.1 Å². The number of ether oxygens (including phenoxy) is 1. The van der Waals surface area contributed by atoms with Crippen molar-refractivity contribution in [2.24, 2.45) is 0 Å². The highest BCUT2D eigenvalue weighted by Gasteiger charge is 2.19. The van der Waals surface area contributed by atoms with E-state index < -0.39 is 17.8 Å². The SMILES string of the molecule is CCC(=O)N(CCNC(=O)OC(C)(C)C)CC(O)c1ccc(F)cc1. The van der Waals surface area contributed by atoms with E-state index in [1.807, 2.05) is 0 Å². The summed E-state index contributed by atoms with van der Waals surface area (Å²) in [5.41, 5.74) is -0.0719. The lowest BCUT2D eigenvalue weighted by molar-refractivity contribution is -0.132. The maximum Gasteiger partial charge on any atom is 0.407 e. The van der Waals surface area contributed by atoms with Gasteiger partial charge in [0.05, 0.1) is 12.6 Å². The summed E-state index contributed by atoms with van der Waals surface area (Å²) in [4.78, 5) is 25.1. The quantitative estimate of drug-likeness (QED) is 0.789. The molecule has 1 unspecified atom stereocenters. The molecule has 0 saturated carbocycles. The van der Waals surface area contributed by atoms with Gasteiger partial charge >= 0.3 is 6.09 Å². The number of alkyl carbamates (subject to hydrolysis) is 1. The molecule has 0 aliphatic heterocycles. The van der Waals surface area contributed by atoms with E-state index in [-0.39, 0.29) is 37.8 Å². The van der Waals surface area contributed by atoms with Gasteiger partial charge in [-0.2, -0.15) is 0 Å². The molecule has 0 aliphatic carbocycles. The molecule has 140 valence electrons. The number of rotatable bonds is 7. The summed E-state index contributed by atoms with van der Waals surface area (Å²) in [6.45, 7) is 7.52. The van der Waals surface area contributed by atoms with Crippen LogP contribution in [0, 0.1) is 5.82 Å². The summed E-state index contributed by atoms with van der Waals surface area (Å²) in [6.07, 6.45) is -1.21. The van der Waals surface area contributed by atoms with Gasteiger partial charge in [-0.1, -0.05) is 19.1 Å². The van der Waals surface area contributed by atoms with Gasteiger partial charge in [-0.15, -0.1) is 0 Å². The van der Waals surface area contributed by atoms with Crippen LogP contribution in [0.5, 0.6) is 0 Å². The van der Waals surface area contributed by atoms with Crippen LogP contribution >= 0.6 is 0 Å². The fraction of sp³-hybridized carbons (Fsp3) is 0.556. The van der Waals surface area contributed by atoms with E-state index in [4.69, 9.17) is 4.74 Å². The molecular weight excluding hydrogens is 327 g/mol. The van der Waals surface area contributed by atoms with E-state index in [1.165, 1.54) is 29.2 Å². The monoisotopic (exact) mass is 354 g/mol. The van der Waals surface area contributed by atoms with Gasteiger partial charge in [0.2, 0.25) is 5.91 Å². The molecule has 2 N–H and O–H groups in total. The summed E-state index contributed by atoms with van der Waals surface area (Å²) in [7, 11) is 0. The Hall–Kier alpha value is -2.15. The van der Waals surface area contributed by atoms with Crippen molar-refractivity contribution in [1.29, 1.82) is 0 Å². The van der Waals surface area contributed by atoms with Crippen molar-refractivity contribution in [1.82, 2.24) is 10.2 Å². The van der Waals surface area contributed by atoms with E-state index >= 15 is 0 Å². The van der Waals surface area contributed by atoms with Gasteiger partial charge in [0.25, 0.3) is 0 Å². The Morgan fingerprint density at radius 3 is 2.40 bits per heavy atom. The van der Waals surface area contributed by atoms with Gasteiger partial charge in [0.1, 0.15) is 11.4 Å². The molecule has 0 radical (unpaired) electrons. The number of aliphatic hydroxyl groups excluding tert-OH is 1. The molecule has 6 nitrogen and oxygen atoms in total. The Labute approximate surface area is 148 Å². The predicted molar refractivity (Wildman–Crippen MR) is 92.5 cm³/mol. The summed E-state index contributed by atoms with van der Waals surface area (Å²) < 4.78 is 18.1. The van der Waals surface area contributed by atoms with E-state index in [1.54, 1.807) is 27.7 Å². The van der Waals surface area contributed by atoms with Crippen LogP contribution in [0.4, 0.5) is 9.18 Å². The Morgan fingerprint density at radius 2 is 1.88 bits per heavy atom. The molecule has 0 aromatic heterocycles. The van der Waals surface area contributed by atoms with Crippen LogP contribution in [0.2, 0.25) is 0 Å². The first-order chi connectivity index (χ1) is 11.6. The zero-order valence-electron chi connectivity index (χ0n) is 15.2. The third-order valence-corrected chi connectivity index (χ3v) is 3.35. The van der Waals surface area contributed by atoms with E-state index in [0.29, 0.717) is 5.56 Å². The van der Waals surface area contributed by atoms with Crippen molar-refractivity contribution in [3.8, 4) is 0 Å². The third-order valence-electron chi connectivity index (χ3n) is 3.35. The second-order valence-electron chi connectivity index (χ2n) is 6.69. The highest BCUT2D eigenvalue weighted by Crippen LogP contribution is 2.15. The molecular formula is C18H27FN2O4. The van der Waals surface area contributed by atoms with Gasteiger partial charge in [-0.05, 0) is 38.5 Å². The summed E-state index contributed by atoms with van der Waals surface area (Å²) in [6, 6.07) is 5.48. The normalized spacial score (nSPS) is 12.4. The number of carbonyl (C=O) groups excluding carboxylic acids is 2. The average Bonchev–Trinajstić information content (AvgIpc) is 2.52. The fourth-order valence-electron chi connectivity index (χ4n) is 2.15. The lowest BCUT2D eigenvalue weighted by Crippen LogP contribution is -2.41. The number of hydrogen-bond donors (Lipinski definition) is 2. The fourth-order valence-corrected chi connectivity index (χ4v) is 2.15. The number of nitrogens with one attached hydrogen (secondary N) is 1. The molecule has 0 bridgehead atoms. The minimum atomic E-state index is -0.933. The molecule has 7 heteroatoms. The zero-order valence-corrected chi connectivity index (χ0v) is 15.2. The van der Waals surface area contributed by atoms with E-state index in [9.17, 15) is 19.1 Å². The van der Waals surface area contributed by atoms with Crippen molar-refractivity contribution in [2.75, 3.05) is 19.6 Å². The minimum absolute atomic E-state index is 0.0638. The van der Waals surface area contributed by atoms with Crippen LogP contribution in [-0.4, -0.2) is 47.2 Å². The molecule has 0 spiro atoms. The van der Waals surface area contributed by atoms with Crippen LogP contribution in [0.25, 0.3) is 0 Å². The lowest BCUT2D eigenvalue weighted by atomic mass is 10.1. The van der Waals surface area contributed by atoms with Gasteiger partial charge in [-0.25, -0.2) is 9.18 Å². The number of nitrogens with zero attached hydrogens (tertiary/aromatic N) is 1. The van der Waals surface area contributed by atoms with Crippen LogP contribution in [0.1, 0.15) is 45.8 Å². The molecule has 0 fully saturated rings. The first-order valence-electron chi connectivity index (χ1n) is 8.30. The molecule has 0 aliphatic rings. The van der Waals surface area contributed by atoms with Crippen molar-refractivity contribution in [3.05, 3.63) is 35.6 Å². The van der Waals surface area contributed by atoms with E-state index in [2.05, 4.69) is 5.32 Å². The molecule has 1 aromatic carbocycles. The Morgan fingerprint density at radius 1 is 1.28 bits per heavy atom. The first-order valence-corrected chi connectivity index (χ1v) is 8.30. The number of amides is 2. The van der Waals surface area contributed by atoms with Gasteiger partial charge in [0.15, 0.2) is 0 Å². The molecule has 2 amide bonds. The molecule has 1 atom stereocenters. The zero-order chi connectivity index (χ0) is 19.0. The summed E-state index contributed by atoms with van der Waals surface area (Å²) in [5, 5.41) is 12.8. The van der Waals surface area contributed by atoms with Crippen LogP contribution in [-0.2, 0) is 9.53 Å². The van der Waals surface area contributed by atoms with Crippen molar-refractivity contribution < 1.29 is 23.8 Å². The number of carbonyl (C=O) groups is 2. The third kappa shape index (κ3) is 7.98. The Balaban J connectivity index is 2.58. The highest BCUT2D eigenvalue weighted by molar-refractivity contribution is 5.76. The molecule has 0 heterocycles. The van der Waals surface area contributed by atoms with Crippen LogP contribution < -0.4 is 5.32 Å². The maximum atomic E-state index is 13.0.